The van der Waals surface area contributed by atoms with Crippen LogP contribution in [0.5, 0.6) is 0 Å². The second-order valence-corrected chi connectivity index (χ2v) is 3.88. The van der Waals surface area contributed by atoms with Crippen molar-refractivity contribution in [2.75, 3.05) is 20.1 Å². The highest BCUT2D eigenvalue weighted by molar-refractivity contribution is 6.40. The summed E-state index contributed by atoms with van der Waals surface area (Å²) in [5, 5.41) is 28.5. The van der Waals surface area contributed by atoms with Crippen molar-refractivity contribution in [3.8, 4) is 0 Å². The molecule has 0 aromatic heterocycles. The fourth-order valence-corrected chi connectivity index (χ4v) is 1.44. The molecular formula is C12H30BN3O5. The molecule has 1 atom stereocenters. The Morgan fingerprint density at radius 3 is 2.14 bits per heavy atom. The smallest absolute Gasteiger partial charge is 0.451 e. The van der Waals surface area contributed by atoms with Crippen molar-refractivity contribution in [1.29, 1.82) is 0 Å². The molecule has 126 valence electrons. The van der Waals surface area contributed by atoms with Crippen molar-refractivity contribution >= 4 is 19.0 Å². The Labute approximate surface area is 127 Å². The first-order valence-corrected chi connectivity index (χ1v) is 7.08. The molecule has 1 unspecified atom stereocenters. The van der Waals surface area contributed by atoms with Crippen LogP contribution in [0.1, 0.15) is 33.1 Å². The average molecular weight is 307 g/mol. The Morgan fingerprint density at radius 1 is 1.24 bits per heavy atom. The van der Waals surface area contributed by atoms with Gasteiger partial charge in [-0.1, -0.05) is 20.3 Å². The molecule has 0 aromatic carbocycles. The minimum absolute atomic E-state index is 0.0631. The maximum Gasteiger partial charge on any atom is 0.451 e. The summed E-state index contributed by atoms with van der Waals surface area (Å²) in [6.45, 7) is 4.11. The molecule has 8 nitrogen and oxygen atoms in total. The van der Waals surface area contributed by atoms with Gasteiger partial charge in [0.15, 0.2) is 0 Å². The summed E-state index contributed by atoms with van der Waals surface area (Å²) < 4.78 is 0. The molecule has 0 bridgehead atoms. The third-order valence-corrected chi connectivity index (χ3v) is 2.31. The number of rotatable bonds is 9. The van der Waals surface area contributed by atoms with E-state index in [1.54, 1.807) is 0 Å². The van der Waals surface area contributed by atoms with Crippen molar-refractivity contribution in [2.45, 2.75) is 39.4 Å². The van der Waals surface area contributed by atoms with Gasteiger partial charge in [-0.2, -0.15) is 0 Å². The number of carboxylic acids is 1. The predicted molar refractivity (Wildman–Crippen MR) is 83.5 cm³/mol. The van der Waals surface area contributed by atoms with Crippen molar-refractivity contribution < 1.29 is 24.7 Å². The predicted octanol–water partition coefficient (Wildman–Crippen LogP) is -0.994. The van der Waals surface area contributed by atoms with E-state index >= 15 is 0 Å². The summed E-state index contributed by atoms with van der Waals surface area (Å²) in [7, 11) is 0.124. The van der Waals surface area contributed by atoms with E-state index < -0.39 is 13.1 Å². The van der Waals surface area contributed by atoms with E-state index in [4.69, 9.17) is 20.9 Å². The van der Waals surface area contributed by atoms with Crippen LogP contribution in [-0.2, 0) is 9.59 Å². The van der Waals surface area contributed by atoms with Crippen LogP contribution >= 0.6 is 0 Å². The van der Waals surface area contributed by atoms with Crippen LogP contribution in [0.4, 0.5) is 0 Å². The monoisotopic (exact) mass is 307 g/mol. The van der Waals surface area contributed by atoms with Crippen LogP contribution in [0, 0.1) is 5.92 Å². The van der Waals surface area contributed by atoms with Gasteiger partial charge in [-0.3, -0.25) is 9.59 Å². The van der Waals surface area contributed by atoms with E-state index in [1.165, 1.54) is 7.05 Å². The maximum atomic E-state index is 10.9. The fraction of sp³-hybridized carbons (Fsp3) is 0.833. The molecular weight excluding hydrogens is 277 g/mol. The molecule has 8 N–H and O–H groups in total. The number of carboxylic acid groups (broad SMARTS) is 1. The first kappa shape index (κ1) is 24.8. The highest BCUT2D eigenvalue weighted by atomic mass is 16.4. The van der Waals surface area contributed by atoms with Gasteiger partial charge in [0, 0.05) is 13.0 Å². The maximum absolute atomic E-state index is 10.9. The number of hydrogen-bond donors (Lipinski definition) is 6. The summed E-state index contributed by atoms with van der Waals surface area (Å²) in [4.78, 5) is 21.5. The summed E-state index contributed by atoms with van der Waals surface area (Å²) in [6.07, 6.45) is 1.14. The molecule has 0 aromatic rings. The first-order valence-electron chi connectivity index (χ1n) is 7.08. The number of hydrogen-bond acceptors (Lipinski definition) is 6. The second-order valence-electron chi connectivity index (χ2n) is 3.88. The van der Waals surface area contributed by atoms with E-state index in [1.807, 2.05) is 13.8 Å². The zero-order chi connectivity index (χ0) is 17.3. The zero-order valence-corrected chi connectivity index (χ0v) is 13.2. The number of carbonyl (C=O) groups excluding carboxylic acids is 1. The number of nitrogens with two attached hydrogens (primary N) is 2. The van der Waals surface area contributed by atoms with Crippen molar-refractivity contribution in [3.05, 3.63) is 0 Å². The Kier molecular flexibility index (Phi) is 22.3. The van der Waals surface area contributed by atoms with E-state index in [9.17, 15) is 9.59 Å². The lowest BCUT2D eigenvalue weighted by molar-refractivity contribution is -0.138. The van der Waals surface area contributed by atoms with Crippen LogP contribution in [0.25, 0.3) is 0 Å². The zero-order valence-electron chi connectivity index (χ0n) is 13.2. The highest BCUT2D eigenvalue weighted by Gasteiger charge is 2.15. The molecule has 0 rings (SSSR count). The summed E-state index contributed by atoms with van der Waals surface area (Å²) in [5.41, 5.74) is 9.60. The number of amides is 1. The Hall–Kier alpha value is -1.16. The number of aliphatic carboxylic acids is 1. The quantitative estimate of drug-likeness (QED) is 0.298. The van der Waals surface area contributed by atoms with Gasteiger partial charge in [-0.15, -0.1) is 0 Å². The lowest BCUT2D eigenvalue weighted by Gasteiger charge is -2.15. The Balaban J connectivity index is -0.000000739. The van der Waals surface area contributed by atoms with E-state index in [-0.39, 0.29) is 37.7 Å². The van der Waals surface area contributed by atoms with E-state index in [0.29, 0.717) is 12.8 Å². The summed E-state index contributed by atoms with van der Waals surface area (Å²) in [6, 6.07) is 0. The van der Waals surface area contributed by atoms with Crippen LogP contribution in [0.3, 0.4) is 0 Å². The standard InChI is InChI=1S/C9H19BN2O5.C2H6.CH5N/c11-5-8(13)12-6-7(4-9(14)15)2-1-3-10(16)17;2*1-2/h7,16-17H,1-6,11H2,(H,12,13)(H,14,15);1-2H3;2H2,1H3. The van der Waals surface area contributed by atoms with Gasteiger partial charge in [0.1, 0.15) is 0 Å². The minimum atomic E-state index is -1.38. The lowest BCUT2D eigenvalue weighted by Crippen LogP contribution is -2.34. The van der Waals surface area contributed by atoms with Crippen molar-refractivity contribution in [2.24, 2.45) is 17.4 Å². The van der Waals surface area contributed by atoms with Gasteiger partial charge in [-0.05, 0) is 25.7 Å². The number of nitrogens with one attached hydrogen (secondary N) is 1. The summed E-state index contributed by atoms with van der Waals surface area (Å²) >= 11 is 0. The van der Waals surface area contributed by atoms with Gasteiger partial charge >= 0.3 is 13.1 Å². The molecule has 0 aliphatic heterocycles. The van der Waals surface area contributed by atoms with Crippen LogP contribution < -0.4 is 16.8 Å². The third kappa shape index (κ3) is 21.3. The Bertz CT molecular complexity index is 255. The van der Waals surface area contributed by atoms with Crippen LogP contribution in [0.2, 0.25) is 6.32 Å². The average Bonchev–Trinajstić information content (AvgIpc) is 2.47. The molecule has 9 heteroatoms. The third-order valence-electron chi connectivity index (χ3n) is 2.31. The Morgan fingerprint density at radius 2 is 1.76 bits per heavy atom. The number of carbonyl (C=O) groups is 2. The largest absolute Gasteiger partial charge is 0.481 e. The molecule has 0 aliphatic carbocycles. The SMILES string of the molecule is CC.CN.NCC(=O)NCC(CCCB(O)O)CC(=O)O. The van der Waals surface area contributed by atoms with Crippen molar-refractivity contribution in [1.82, 2.24) is 5.32 Å². The van der Waals surface area contributed by atoms with Gasteiger partial charge < -0.3 is 31.9 Å². The molecule has 21 heavy (non-hydrogen) atoms. The van der Waals surface area contributed by atoms with E-state index in [0.717, 1.165) is 0 Å². The van der Waals surface area contributed by atoms with Crippen LogP contribution in [0.15, 0.2) is 0 Å². The molecule has 0 radical (unpaired) electrons. The molecule has 1 amide bonds. The molecule has 0 aliphatic rings. The van der Waals surface area contributed by atoms with Gasteiger partial charge in [0.05, 0.1) is 6.54 Å². The first-order chi connectivity index (χ1) is 9.95. The molecule has 0 fully saturated rings. The molecule has 0 saturated carbocycles. The van der Waals surface area contributed by atoms with E-state index in [2.05, 4.69) is 11.1 Å². The summed E-state index contributed by atoms with van der Waals surface area (Å²) in [5.74, 6) is -1.49. The van der Waals surface area contributed by atoms with Gasteiger partial charge in [0.2, 0.25) is 5.91 Å². The second kappa shape index (κ2) is 18.8. The molecule has 0 saturated heterocycles. The lowest BCUT2D eigenvalue weighted by atomic mass is 9.82. The molecule has 0 heterocycles. The van der Waals surface area contributed by atoms with Crippen LogP contribution in [-0.4, -0.2) is 54.3 Å². The molecule has 0 spiro atoms. The highest BCUT2D eigenvalue weighted by Crippen LogP contribution is 2.13. The topological polar surface area (TPSA) is 159 Å². The minimum Gasteiger partial charge on any atom is -0.481 e. The normalized spacial score (nSPS) is 10.2. The van der Waals surface area contributed by atoms with Crippen molar-refractivity contribution in [3.63, 3.8) is 0 Å². The van der Waals surface area contributed by atoms with Gasteiger partial charge in [0.25, 0.3) is 0 Å². The van der Waals surface area contributed by atoms with Gasteiger partial charge in [-0.25, -0.2) is 0 Å². The fourth-order valence-electron chi connectivity index (χ4n) is 1.44.